The number of para-hydroxylation sites is 1. The highest BCUT2D eigenvalue weighted by Crippen LogP contribution is 2.27. The van der Waals surface area contributed by atoms with E-state index in [9.17, 15) is 13.2 Å². The Hall–Kier alpha value is -3.56. The van der Waals surface area contributed by atoms with Crippen molar-refractivity contribution in [2.45, 2.75) is 11.8 Å². The second-order valence-electron chi connectivity index (χ2n) is 6.80. The molecular weight excluding hydrogens is 452 g/mol. The molecule has 8 nitrogen and oxygen atoms in total. The molecule has 3 N–H and O–H groups in total. The number of carbonyl (C=O) groups is 1. The highest BCUT2D eigenvalue weighted by atomic mass is 35.5. The number of sulfonamides is 1. The first-order valence-corrected chi connectivity index (χ1v) is 11.5. The van der Waals surface area contributed by atoms with Gasteiger partial charge in [-0.2, -0.15) is 5.10 Å². The molecule has 0 saturated carbocycles. The van der Waals surface area contributed by atoms with E-state index in [1.54, 1.807) is 42.6 Å². The van der Waals surface area contributed by atoms with Crippen molar-refractivity contribution in [3.8, 4) is 5.75 Å². The minimum absolute atomic E-state index is 0.00402. The average Bonchev–Trinajstić information content (AvgIpc) is 3.25. The number of rotatable bonds is 7. The summed E-state index contributed by atoms with van der Waals surface area (Å²) in [4.78, 5) is 12.6. The Morgan fingerprint density at radius 1 is 1.12 bits per heavy atom. The van der Waals surface area contributed by atoms with Crippen LogP contribution in [0.3, 0.4) is 0 Å². The van der Waals surface area contributed by atoms with Crippen LogP contribution in [0.4, 0.5) is 11.4 Å². The van der Waals surface area contributed by atoms with E-state index in [0.29, 0.717) is 29.2 Å². The fraction of sp³-hybridized carbons (Fsp3) is 0.0909. The van der Waals surface area contributed by atoms with Gasteiger partial charge in [0, 0.05) is 16.6 Å². The van der Waals surface area contributed by atoms with Gasteiger partial charge in [0.05, 0.1) is 29.0 Å². The molecule has 0 atom stereocenters. The topological polar surface area (TPSA) is 113 Å². The third-order valence-corrected chi connectivity index (χ3v) is 6.49. The number of benzene rings is 3. The van der Waals surface area contributed by atoms with Crippen LogP contribution in [0.5, 0.6) is 5.75 Å². The Morgan fingerprint density at radius 3 is 2.66 bits per heavy atom. The van der Waals surface area contributed by atoms with Gasteiger partial charge in [0.1, 0.15) is 10.6 Å². The molecule has 1 amide bonds. The first kappa shape index (κ1) is 21.7. The van der Waals surface area contributed by atoms with E-state index in [1.165, 1.54) is 18.2 Å². The molecule has 3 aromatic carbocycles. The number of carbonyl (C=O) groups excluding carboxylic acids is 1. The summed E-state index contributed by atoms with van der Waals surface area (Å²) >= 11 is 6.16. The summed E-state index contributed by atoms with van der Waals surface area (Å²) in [5.74, 6) is 0.140. The van der Waals surface area contributed by atoms with Gasteiger partial charge in [-0.05, 0) is 55.5 Å². The number of nitrogens with one attached hydrogen (secondary N) is 3. The van der Waals surface area contributed by atoms with Crippen LogP contribution >= 0.6 is 11.6 Å². The lowest BCUT2D eigenvalue weighted by Crippen LogP contribution is -2.16. The molecule has 32 heavy (non-hydrogen) atoms. The van der Waals surface area contributed by atoms with Crippen LogP contribution in [-0.4, -0.2) is 31.1 Å². The predicted octanol–water partition coefficient (Wildman–Crippen LogP) is 4.67. The van der Waals surface area contributed by atoms with Crippen LogP contribution in [0.25, 0.3) is 10.9 Å². The van der Waals surface area contributed by atoms with Gasteiger partial charge in [-0.15, -0.1) is 0 Å². The van der Waals surface area contributed by atoms with E-state index < -0.39 is 15.9 Å². The number of nitrogens with zero attached hydrogens (tertiary/aromatic N) is 1. The number of aromatic amines is 1. The van der Waals surface area contributed by atoms with Crippen LogP contribution in [-0.2, 0) is 10.0 Å². The van der Waals surface area contributed by atoms with E-state index in [2.05, 4.69) is 20.2 Å². The Kier molecular flexibility index (Phi) is 6.02. The second-order valence-corrected chi connectivity index (χ2v) is 8.86. The Morgan fingerprint density at radius 2 is 1.91 bits per heavy atom. The normalized spacial score (nSPS) is 11.3. The second kappa shape index (κ2) is 8.89. The van der Waals surface area contributed by atoms with Crippen LogP contribution in [0.2, 0.25) is 5.02 Å². The molecule has 4 rings (SSSR count). The smallest absolute Gasteiger partial charge is 0.263 e. The van der Waals surface area contributed by atoms with E-state index in [0.717, 1.165) is 5.39 Å². The van der Waals surface area contributed by atoms with E-state index in [4.69, 9.17) is 16.3 Å². The van der Waals surface area contributed by atoms with E-state index in [-0.39, 0.29) is 15.5 Å². The predicted molar refractivity (Wildman–Crippen MR) is 124 cm³/mol. The third-order valence-electron chi connectivity index (χ3n) is 4.63. The molecule has 4 aromatic rings. The van der Waals surface area contributed by atoms with Crippen molar-refractivity contribution in [1.82, 2.24) is 10.2 Å². The number of halogens is 1. The molecule has 10 heteroatoms. The summed E-state index contributed by atoms with van der Waals surface area (Å²) in [6.45, 7) is 2.36. The number of aromatic nitrogens is 2. The average molecular weight is 471 g/mol. The van der Waals surface area contributed by atoms with Gasteiger partial charge in [-0.25, -0.2) is 8.42 Å². The van der Waals surface area contributed by atoms with E-state index >= 15 is 0 Å². The zero-order chi connectivity index (χ0) is 22.7. The number of H-pyrrole nitrogens is 1. The molecule has 1 heterocycles. The van der Waals surface area contributed by atoms with Crippen LogP contribution in [0, 0.1) is 0 Å². The molecule has 1 aromatic heterocycles. The third kappa shape index (κ3) is 4.53. The Bertz CT molecular complexity index is 1380. The van der Waals surface area contributed by atoms with Gasteiger partial charge in [0.2, 0.25) is 0 Å². The molecule has 0 radical (unpaired) electrons. The van der Waals surface area contributed by atoms with Crippen molar-refractivity contribution in [2.75, 3.05) is 16.6 Å². The van der Waals surface area contributed by atoms with Gasteiger partial charge < -0.3 is 10.1 Å². The summed E-state index contributed by atoms with van der Waals surface area (Å²) in [5, 5.41) is 10.4. The maximum atomic E-state index is 12.9. The zero-order valence-corrected chi connectivity index (χ0v) is 18.5. The van der Waals surface area contributed by atoms with Crippen molar-refractivity contribution in [1.29, 1.82) is 0 Å². The summed E-state index contributed by atoms with van der Waals surface area (Å²) in [6, 6.07) is 15.9. The van der Waals surface area contributed by atoms with Crippen LogP contribution in [0.15, 0.2) is 71.8 Å². The van der Waals surface area contributed by atoms with Gasteiger partial charge in [0.25, 0.3) is 15.9 Å². The van der Waals surface area contributed by atoms with Crippen molar-refractivity contribution < 1.29 is 17.9 Å². The molecule has 164 valence electrons. The lowest BCUT2D eigenvalue weighted by Gasteiger charge is -2.12. The molecule has 0 fully saturated rings. The van der Waals surface area contributed by atoms with Crippen molar-refractivity contribution in [2.24, 2.45) is 0 Å². The highest BCUT2D eigenvalue weighted by Gasteiger charge is 2.21. The number of anilines is 2. The molecule has 0 aliphatic carbocycles. The molecule has 0 saturated heterocycles. The van der Waals surface area contributed by atoms with Gasteiger partial charge in [0.15, 0.2) is 0 Å². The zero-order valence-electron chi connectivity index (χ0n) is 16.9. The summed E-state index contributed by atoms with van der Waals surface area (Å²) in [6.07, 6.45) is 1.64. The molecule has 0 aliphatic heterocycles. The SMILES string of the molecule is CCOc1ccc(NS(=O)(=O)c2cc(C(=O)Nc3cccc4cn[nH]c34)ccc2Cl)cc1. The van der Waals surface area contributed by atoms with Crippen molar-refractivity contribution in [3.05, 3.63) is 77.4 Å². The Labute approximate surface area is 189 Å². The minimum atomic E-state index is -4.04. The fourth-order valence-corrected chi connectivity index (χ4v) is 4.70. The monoisotopic (exact) mass is 470 g/mol. The number of fused-ring (bicyclic) bond motifs is 1. The Balaban J connectivity index is 1.58. The van der Waals surface area contributed by atoms with Crippen molar-refractivity contribution >= 4 is 49.8 Å². The highest BCUT2D eigenvalue weighted by molar-refractivity contribution is 7.92. The number of hydrogen-bond acceptors (Lipinski definition) is 5. The molecule has 0 bridgehead atoms. The minimum Gasteiger partial charge on any atom is -0.494 e. The lowest BCUT2D eigenvalue weighted by atomic mass is 10.2. The molecule has 0 spiro atoms. The quantitative estimate of drug-likeness (QED) is 0.363. The van der Waals surface area contributed by atoms with Gasteiger partial charge in [-0.3, -0.25) is 14.6 Å². The molecule has 0 unspecified atom stereocenters. The maximum absolute atomic E-state index is 12.9. The number of hydrogen-bond donors (Lipinski definition) is 3. The lowest BCUT2D eigenvalue weighted by molar-refractivity contribution is 0.102. The maximum Gasteiger partial charge on any atom is 0.263 e. The number of ether oxygens (including phenoxy) is 1. The molecule has 0 aliphatic rings. The summed E-state index contributed by atoms with van der Waals surface area (Å²) in [7, 11) is -4.04. The first-order chi connectivity index (χ1) is 15.4. The van der Waals surface area contributed by atoms with Crippen molar-refractivity contribution in [3.63, 3.8) is 0 Å². The molecular formula is C22H19ClN4O4S. The van der Waals surface area contributed by atoms with Crippen LogP contribution < -0.4 is 14.8 Å². The fourth-order valence-electron chi connectivity index (χ4n) is 3.11. The largest absolute Gasteiger partial charge is 0.494 e. The standard InChI is InChI=1S/C22H19ClN4O4S/c1-2-31-17-9-7-16(8-10-17)27-32(29,30)20-12-14(6-11-18(20)23)22(28)25-19-5-3-4-15-13-24-26-21(15)19/h3-13,27H,2H2,1H3,(H,24,26)(H,25,28). The number of amides is 1. The van der Waals surface area contributed by atoms with Crippen LogP contribution in [0.1, 0.15) is 17.3 Å². The van der Waals surface area contributed by atoms with Gasteiger partial charge >= 0.3 is 0 Å². The van der Waals surface area contributed by atoms with E-state index in [1.807, 2.05) is 13.0 Å². The van der Waals surface area contributed by atoms with Gasteiger partial charge in [-0.1, -0.05) is 23.7 Å². The first-order valence-electron chi connectivity index (χ1n) is 9.66. The summed E-state index contributed by atoms with van der Waals surface area (Å²) in [5.41, 5.74) is 1.67. The summed E-state index contributed by atoms with van der Waals surface area (Å²) < 4.78 is 33.7.